The molecule has 0 aliphatic carbocycles. The molecule has 0 saturated carbocycles. The fourth-order valence-corrected chi connectivity index (χ4v) is 3.20. The first-order valence-corrected chi connectivity index (χ1v) is 11.4. The summed E-state index contributed by atoms with van der Waals surface area (Å²) >= 11 is 0. The van der Waals surface area contributed by atoms with E-state index in [1.807, 2.05) is 18.2 Å². The van der Waals surface area contributed by atoms with Crippen LogP contribution in [0.3, 0.4) is 0 Å². The van der Waals surface area contributed by atoms with Gasteiger partial charge in [-0.25, -0.2) is 8.42 Å². The van der Waals surface area contributed by atoms with E-state index in [4.69, 9.17) is 4.74 Å². The van der Waals surface area contributed by atoms with Gasteiger partial charge in [0, 0.05) is 24.1 Å². The predicted molar refractivity (Wildman–Crippen MR) is 119 cm³/mol. The van der Waals surface area contributed by atoms with E-state index in [1.54, 1.807) is 36.5 Å². The van der Waals surface area contributed by atoms with Crippen LogP contribution in [0.1, 0.15) is 21.6 Å². The van der Waals surface area contributed by atoms with Gasteiger partial charge in [-0.15, -0.1) is 0 Å². The predicted octanol–water partition coefficient (Wildman–Crippen LogP) is 2.54. The largest absolute Gasteiger partial charge is 0.487 e. The van der Waals surface area contributed by atoms with Crippen molar-refractivity contribution < 1.29 is 22.7 Å². The second-order valence-electron chi connectivity index (χ2n) is 6.75. The van der Waals surface area contributed by atoms with Crippen molar-refractivity contribution in [3.63, 3.8) is 0 Å². The molecular weight excluding hydrogens is 430 g/mol. The Labute approximate surface area is 185 Å². The first-order chi connectivity index (χ1) is 15.3. The number of rotatable bonds is 7. The minimum atomic E-state index is -3.34. The van der Waals surface area contributed by atoms with Gasteiger partial charge in [-0.1, -0.05) is 18.2 Å². The van der Waals surface area contributed by atoms with E-state index in [9.17, 15) is 18.0 Å². The van der Waals surface area contributed by atoms with Gasteiger partial charge in [0.15, 0.2) is 9.84 Å². The summed E-state index contributed by atoms with van der Waals surface area (Å²) in [5.74, 6) is -0.422. The molecule has 2 amide bonds. The molecule has 0 aliphatic rings. The molecule has 2 N–H and O–H groups in total. The summed E-state index contributed by atoms with van der Waals surface area (Å²) in [6.07, 6.45) is 5.65. The highest BCUT2D eigenvalue weighted by molar-refractivity contribution is 7.90. The van der Waals surface area contributed by atoms with Crippen molar-refractivity contribution >= 4 is 27.7 Å². The highest BCUT2D eigenvalue weighted by Crippen LogP contribution is 2.14. The lowest BCUT2D eigenvalue weighted by atomic mass is 10.2. The molecule has 0 bridgehead atoms. The summed E-state index contributed by atoms with van der Waals surface area (Å²) in [6.45, 7) is 0.356. The van der Waals surface area contributed by atoms with Gasteiger partial charge in [0.1, 0.15) is 12.4 Å². The topological polar surface area (TPSA) is 114 Å². The minimum absolute atomic E-state index is 0.106. The first kappa shape index (κ1) is 22.7. The van der Waals surface area contributed by atoms with Gasteiger partial charge >= 0.3 is 0 Å². The molecule has 0 aliphatic heterocycles. The molecular formula is C23H21N3O5S. The lowest BCUT2D eigenvalue weighted by molar-refractivity contribution is -0.117. The molecule has 3 rings (SSSR count). The van der Waals surface area contributed by atoms with Crippen molar-refractivity contribution in [2.24, 2.45) is 0 Å². The highest BCUT2D eigenvalue weighted by atomic mass is 32.2. The van der Waals surface area contributed by atoms with Crippen molar-refractivity contribution in [2.45, 2.75) is 11.5 Å². The maximum absolute atomic E-state index is 12.1. The molecule has 3 aromatic rings. The zero-order chi connectivity index (χ0) is 23.0. The van der Waals surface area contributed by atoms with Crippen molar-refractivity contribution in [3.8, 4) is 5.75 Å². The minimum Gasteiger partial charge on any atom is -0.487 e. The zero-order valence-electron chi connectivity index (χ0n) is 17.2. The molecule has 0 atom stereocenters. The number of hydrazine groups is 1. The van der Waals surface area contributed by atoms with Gasteiger partial charge < -0.3 is 4.74 Å². The summed E-state index contributed by atoms with van der Waals surface area (Å²) < 4.78 is 28.6. The Hall–Kier alpha value is -3.98. The molecule has 0 saturated heterocycles. The van der Waals surface area contributed by atoms with Crippen LogP contribution in [-0.4, -0.2) is 31.5 Å². The van der Waals surface area contributed by atoms with E-state index in [1.165, 1.54) is 30.3 Å². The summed E-state index contributed by atoms with van der Waals surface area (Å²) in [7, 11) is -3.34. The molecule has 164 valence electrons. The fourth-order valence-electron chi connectivity index (χ4n) is 2.57. The van der Waals surface area contributed by atoms with Crippen LogP contribution in [0.2, 0.25) is 0 Å². The van der Waals surface area contributed by atoms with Crippen LogP contribution in [0, 0.1) is 0 Å². The van der Waals surface area contributed by atoms with Crippen LogP contribution < -0.4 is 15.6 Å². The van der Waals surface area contributed by atoms with Gasteiger partial charge in [-0.3, -0.25) is 25.4 Å². The number of nitrogens with one attached hydrogen (secondary N) is 2. The number of carbonyl (C=O) groups is 2. The van der Waals surface area contributed by atoms with Gasteiger partial charge in [0.05, 0.1) is 10.6 Å². The van der Waals surface area contributed by atoms with Crippen LogP contribution >= 0.6 is 0 Å². The van der Waals surface area contributed by atoms with Gasteiger partial charge in [0.2, 0.25) is 0 Å². The molecule has 0 unspecified atom stereocenters. The summed E-state index contributed by atoms with van der Waals surface area (Å²) in [4.78, 5) is 28.3. The van der Waals surface area contributed by atoms with E-state index in [2.05, 4.69) is 15.8 Å². The third kappa shape index (κ3) is 6.78. The Bertz CT molecular complexity index is 1210. The van der Waals surface area contributed by atoms with Crippen molar-refractivity contribution in [1.82, 2.24) is 15.8 Å². The quantitative estimate of drug-likeness (QED) is 0.421. The monoisotopic (exact) mass is 451 g/mol. The lowest BCUT2D eigenvalue weighted by Crippen LogP contribution is -2.40. The zero-order valence-corrected chi connectivity index (χ0v) is 18.0. The van der Waals surface area contributed by atoms with Crippen LogP contribution in [0.4, 0.5) is 0 Å². The molecule has 32 heavy (non-hydrogen) atoms. The summed E-state index contributed by atoms with van der Waals surface area (Å²) in [5.41, 5.74) is 6.34. The van der Waals surface area contributed by atoms with E-state index in [-0.39, 0.29) is 10.5 Å². The Balaban J connectivity index is 1.47. The van der Waals surface area contributed by atoms with E-state index in [0.717, 1.165) is 17.5 Å². The number of sulfone groups is 1. The summed E-state index contributed by atoms with van der Waals surface area (Å²) in [6, 6.07) is 18.1. The molecule has 0 spiro atoms. The number of ether oxygens (including phenoxy) is 1. The van der Waals surface area contributed by atoms with Crippen LogP contribution in [0.5, 0.6) is 5.75 Å². The Morgan fingerprint density at radius 3 is 2.31 bits per heavy atom. The van der Waals surface area contributed by atoms with Crippen molar-refractivity contribution in [2.75, 3.05) is 6.26 Å². The number of hydrogen-bond donors (Lipinski definition) is 2. The van der Waals surface area contributed by atoms with Crippen LogP contribution in [0.25, 0.3) is 6.08 Å². The first-order valence-electron chi connectivity index (χ1n) is 9.52. The number of amides is 2. The maximum Gasteiger partial charge on any atom is 0.269 e. The average Bonchev–Trinajstić information content (AvgIpc) is 2.80. The molecule has 9 heteroatoms. The number of hydrogen-bond acceptors (Lipinski definition) is 6. The van der Waals surface area contributed by atoms with Gasteiger partial charge in [-0.2, -0.15) is 0 Å². The molecule has 2 aromatic carbocycles. The SMILES string of the molecule is CS(=O)(=O)c1ccc(C(=O)NNC(=O)/C=C/c2ccc(OCc3ccccn3)cc2)cc1. The normalized spacial score (nSPS) is 11.2. The lowest BCUT2D eigenvalue weighted by Gasteiger charge is -2.06. The smallest absolute Gasteiger partial charge is 0.269 e. The standard InChI is InChI=1S/C23H21N3O5S/c1-32(29,30)21-12-8-18(9-13-21)23(28)26-25-22(27)14-7-17-5-10-20(11-6-17)31-16-19-4-2-3-15-24-19/h2-15H,16H2,1H3,(H,25,27)(H,26,28)/b14-7+. The Kier molecular flexibility index (Phi) is 7.35. The van der Waals surface area contributed by atoms with Crippen molar-refractivity contribution in [3.05, 3.63) is 95.8 Å². The van der Waals surface area contributed by atoms with Crippen LogP contribution in [0.15, 0.2) is 83.9 Å². The molecule has 1 heterocycles. The second kappa shape index (κ2) is 10.4. The fraction of sp³-hybridized carbons (Fsp3) is 0.0870. The number of carbonyl (C=O) groups excluding carboxylic acids is 2. The molecule has 8 nitrogen and oxygen atoms in total. The van der Waals surface area contributed by atoms with E-state index < -0.39 is 21.7 Å². The van der Waals surface area contributed by atoms with Gasteiger partial charge in [0.25, 0.3) is 11.8 Å². The summed E-state index contributed by atoms with van der Waals surface area (Å²) in [5, 5.41) is 0. The highest BCUT2D eigenvalue weighted by Gasteiger charge is 2.10. The number of aromatic nitrogens is 1. The molecule has 0 radical (unpaired) electrons. The third-order valence-electron chi connectivity index (χ3n) is 4.26. The van der Waals surface area contributed by atoms with Gasteiger partial charge in [-0.05, 0) is 60.2 Å². The van der Waals surface area contributed by atoms with E-state index in [0.29, 0.717) is 12.4 Å². The molecule has 0 fully saturated rings. The maximum atomic E-state index is 12.1. The average molecular weight is 452 g/mol. The molecule has 1 aromatic heterocycles. The second-order valence-corrected chi connectivity index (χ2v) is 8.77. The number of pyridine rings is 1. The Morgan fingerprint density at radius 2 is 1.69 bits per heavy atom. The van der Waals surface area contributed by atoms with E-state index >= 15 is 0 Å². The Morgan fingerprint density at radius 1 is 0.969 bits per heavy atom. The number of benzene rings is 2. The number of nitrogens with zero attached hydrogens (tertiary/aromatic N) is 1. The third-order valence-corrected chi connectivity index (χ3v) is 5.39. The van der Waals surface area contributed by atoms with Crippen LogP contribution in [-0.2, 0) is 21.2 Å². The van der Waals surface area contributed by atoms with Crippen molar-refractivity contribution in [1.29, 1.82) is 0 Å².